The first kappa shape index (κ1) is 54.4. The molecular formula is C48H36F11La2NO2-2. The van der Waals surface area contributed by atoms with Gasteiger partial charge in [0.2, 0.25) is 0 Å². The SMILES string of the molecule is Cc1cc(C)c(-c2c[c-]c(C(F)(F)Oc3cc(F)c(C#N)c(F)c3)c(C)c2)c(C)c1.Cc1cc(C)c(-c2c[c-]c(C(F)(F)Oc3cc(F)c(C(F)(F)F)c(F)c3)c(C)c2)c(C)c1.[La].[La]. The van der Waals surface area contributed by atoms with Crippen molar-refractivity contribution in [1.82, 2.24) is 0 Å². The minimum absolute atomic E-state index is 0. The summed E-state index contributed by atoms with van der Waals surface area (Å²) in [5.41, 5.74) is 5.26. The van der Waals surface area contributed by atoms with Gasteiger partial charge in [-0.05, 0) is 52.7 Å². The van der Waals surface area contributed by atoms with Crippen molar-refractivity contribution in [2.24, 2.45) is 0 Å². The summed E-state index contributed by atoms with van der Waals surface area (Å²) < 4.78 is 161. The van der Waals surface area contributed by atoms with Gasteiger partial charge in [0.25, 0.3) is 0 Å². The molecule has 6 rings (SSSR count). The first-order valence-corrected chi connectivity index (χ1v) is 18.5. The molecule has 0 unspecified atom stereocenters. The van der Waals surface area contributed by atoms with Crippen LogP contribution in [0.4, 0.5) is 48.3 Å². The second kappa shape index (κ2) is 21.1. The van der Waals surface area contributed by atoms with Crippen LogP contribution in [0.2, 0.25) is 0 Å². The molecule has 6 aromatic rings. The molecule has 0 aliphatic carbocycles. The molecular weight excluding hydrogens is 1110 g/mol. The molecule has 0 spiro atoms. The minimum Gasteiger partial charge on any atom is -0.430 e. The molecule has 0 aliphatic heterocycles. The monoisotopic (exact) mass is 1150 g/mol. The van der Waals surface area contributed by atoms with E-state index in [1.807, 2.05) is 65.8 Å². The van der Waals surface area contributed by atoms with E-state index < -0.39 is 75.4 Å². The van der Waals surface area contributed by atoms with Gasteiger partial charge in [-0.2, -0.15) is 72.4 Å². The summed E-state index contributed by atoms with van der Waals surface area (Å²) in [5, 5.41) is 8.69. The number of hydrogen-bond donors (Lipinski definition) is 0. The maximum absolute atomic E-state index is 14.7. The van der Waals surface area contributed by atoms with Gasteiger partial charge in [0, 0.05) is 95.5 Å². The van der Waals surface area contributed by atoms with Gasteiger partial charge < -0.3 is 9.47 Å². The van der Waals surface area contributed by atoms with Crippen LogP contribution in [-0.2, 0) is 18.4 Å². The maximum atomic E-state index is 14.7. The van der Waals surface area contributed by atoms with Crippen LogP contribution in [0, 0.1) is 173 Å². The topological polar surface area (TPSA) is 42.2 Å². The van der Waals surface area contributed by atoms with Crippen molar-refractivity contribution in [3.8, 4) is 39.8 Å². The number of hydrogen-bond acceptors (Lipinski definition) is 3. The van der Waals surface area contributed by atoms with E-state index in [4.69, 9.17) is 5.26 Å². The van der Waals surface area contributed by atoms with Crippen LogP contribution in [0.25, 0.3) is 22.3 Å². The van der Waals surface area contributed by atoms with Gasteiger partial charge in [0.05, 0.1) is 0 Å². The zero-order valence-electron chi connectivity index (χ0n) is 35.5. The van der Waals surface area contributed by atoms with E-state index in [2.05, 4.69) is 21.6 Å². The minimum atomic E-state index is -5.32. The third-order valence-corrected chi connectivity index (χ3v) is 9.71. The summed E-state index contributed by atoms with van der Waals surface area (Å²) in [6.07, 6.45) is -13.3. The van der Waals surface area contributed by atoms with Crippen LogP contribution in [0.1, 0.15) is 66.8 Å². The fourth-order valence-electron chi connectivity index (χ4n) is 7.40. The Balaban J connectivity index is 0.000000331. The fraction of sp³-hybridized carbons (Fsp3) is 0.229. The molecule has 0 atom stereocenters. The van der Waals surface area contributed by atoms with Gasteiger partial charge in [0.1, 0.15) is 52.0 Å². The number of ether oxygens (including phenoxy) is 2. The number of aryl methyl sites for hydroxylation is 8. The molecule has 0 aromatic heterocycles. The summed E-state index contributed by atoms with van der Waals surface area (Å²) in [6.45, 7) is 14.5. The quantitative estimate of drug-likeness (QED) is 0.113. The first-order valence-electron chi connectivity index (χ1n) is 18.5. The molecule has 0 saturated carbocycles. The molecule has 0 aliphatic rings. The van der Waals surface area contributed by atoms with E-state index in [1.54, 1.807) is 6.07 Å². The molecule has 0 amide bonds. The largest absolute Gasteiger partial charge is 0.430 e. The average Bonchev–Trinajstić information content (AvgIpc) is 3.09. The summed E-state index contributed by atoms with van der Waals surface area (Å²) in [7, 11) is 0. The molecule has 0 heterocycles. The molecule has 6 aromatic carbocycles. The van der Waals surface area contributed by atoms with Crippen molar-refractivity contribution in [3.05, 3.63) is 175 Å². The summed E-state index contributed by atoms with van der Waals surface area (Å²) in [6, 6.07) is 21.4. The van der Waals surface area contributed by atoms with Gasteiger partial charge in [-0.15, -0.1) is 22.3 Å². The number of nitrogens with zero attached hydrogens (tertiary/aromatic N) is 1. The Morgan fingerprint density at radius 3 is 1.06 bits per heavy atom. The van der Waals surface area contributed by atoms with Gasteiger partial charge >= 0.3 is 18.4 Å². The standard InChI is InChI=1S/C24H18F7O.C24H18F4NO.2La/c1-12-7-14(3)21(15(4)8-12)16-5-6-18(13(2)9-16)24(30,31)32-17-10-19(25)22(20(26)11-17)23(27,28)29;1-13-7-15(3)23(16(4)8-13)17-5-6-20(14(2)9-17)24(27,28)30-18-10-21(25)19(12-29)22(26)11-18;;/h5,7-11H,1-4H3;5,7-11H,1-4H3;;/q2*-1;;. The van der Waals surface area contributed by atoms with Gasteiger partial charge in [-0.25, -0.2) is 17.6 Å². The van der Waals surface area contributed by atoms with E-state index in [0.29, 0.717) is 17.7 Å². The predicted molar refractivity (Wildman–Crippen MR) is 211 cm³/mol. The van der Waals surface area contributed by atoms with Crippen molar-refractivity contribution in [2.45, 2.75) is 73.8 Å². The third kappa shape index (κ3) is 12.3. The van der Waals surface area contributed by atoms with Crippen LogP contribution in [0.3, 0.4) is 0 Å². The third-order valence-electron chi connectivity index (χ3n) is 9.71. The number of nitriles is 1. The zero-order chi connectivity index (χ0) is 46.2. The van der Waals surface area contributed by atoms with Gasteiger partial charge in [0.15, 0.2) is 0 Å². The van der Waals surface area contributed by atoms with E-state index in [-0.39, 0.29) is 94.5 Å². The number of alkyl halides is 7. The molecule has 2 radical (unpaired) electrons. The van der Waals surface area contributed by atoms with E-state index in [9.17, 15) is 48.3 Å². The van der Waals surface area contributed by atoms with E-state index >= 15 is 0 Å². The van der Waals surface area contributed by atoms with E-state index in [0.717, 1.165) is 50.1 Å². The molecule has 3 nitrogen and oxygen atoms in total. The zero-order valence-corrected chi connectivity index (χ0v) is 42.8. The number of benzene rings is 6. The second-order valence-corrected chi connectivity index (χ2v) is 14.8. The molecule has 64 heavy (non-hydrogen) atoms. The summed E-state index contributed by atoms with van der Waals surface area (Å²) in [5.74, 6) is -8.46. The maximum Gasteiger partial charge on any atom is 0.422 e. The van der Waals surface area contributed by atoms with Crippen LogP contribution in [-0.4, -0.2) is 0 Å². The Bertz CT molecular complexity index is 2650. The Hall–Kier alpha value is -3.97. The average molecular weight is 1150 g/mol. The molecule has 0 N–H and O–H groups in total. The fourth-order valence-corrected chi connectivity index (χ4v) is 7.40. The Morgan fingerprint density at radius 2 is 0.781 bits per heavy atom. The van der Waals surface area contributed by atoms with Crippen molar-refractivity contribution in [3.63, 3.8) is 0 Å². The predicted octanol–water partition coefficient (Wildman–Crippen LogP) is 14.5. The molecule has 16 heteroatoms. The van der Waals surface area contributed by atoms with Crippen molar-refractivity contribution >= 4 is 0 Å². The number of halogens is 11. The van der Waals surface area contributed by atoms with Crippen molar-refractivity contribution < 1.29 is 129 Å². The van der Waals surface area contributed by atoms with Gasteiger partial charge in [-0.3, -0.25) is 0 Å². The van der Waals surface area contributed by atoms with Crippen LogP contribution < -0.4 is 9.47 Å². The Kier molecular flexibility index (Phi) is 17.9. The van der Waals surface area contributed by atoms with Crippen molar-refractivity contribution in [2.75, 3.05) is 0 Å². The Labute approximate surface area is 419 Å². The Morgan fingerprint density at radius 1 is 0.469 bits per heavy atom. The molecule has 0 fully saturated rings. The van der Waals surface area contributed by atoms with Crippen LogP contribution >= 0.6 is 0 Å². The first-order chi connectivity index (χ1) is 28.7. The molecule has 0 saturated heterocycles. The molecule has 0 bridgehead atoms. The summed E-state index contributed by atoms with van der Waals surface area (Å²) in [4.78, 5) is 0. The normalized spacial score (nSPS) is 11.4. The molecule has 330 valence electrons. The van der Waals surface area contributed by atoms with Gasteiger partial charge in [-0.1, -0.05) is 82.6 Å². The number of rotatable bonds is 8. The second-order valence-electron chi connectivity index (χ2n) is 14.8. The summed E-state index contributed by atoms with van der Waals surface area (Å²) >= 11 is 0. The van der Waals surface area contributed by atoms with E-state index in [1.165, 1.54) is 38.1 Å². The van der Waals surface area contributed by atoms with Crippen molar-refractivity contribution in [1.29, 1.82) is 5.26 Å². The van der Waals surface area contributed by atoms with Crippen LogP contribution in [0.15, 0.2) is 72.8 Å². The van der Waals surface area contributed by atoms with Crippen LogP contribution in [0.5, 0.6) is 11.5 Å². The smallest absolute Gasteiger partial charge is 0.422 e.